The number of aromatic nitrogens is 1. The lowest BCUT2D eigenvalue weighted by Gasteiger charge is -2.40. The number of halogens is 1. The molecule has 2 aliphatic rings. The molecule has 150 valence electrons. The van der Waals surface area contributed by atoms with Crippen molar-refractivity contribution in [2.45, 2.75) is 18.5 Å². The highest BCUT2D eigenvalue weighted by Crippen LogP contribution is 2.43. The van der Waals surface area contributed by atoms with Gasteiger partial charge in [-0.15, -0.1) is 0 Å². The minimum Gasteiger partial charge on any atom is -0.469 e. The molecule has 8 heteroatoms. The molecule has 1 aromatic heterocycles. The molecule has 7 nitrogen and oxygen atoms in total. The number of esters is 1. The molecule has 2 aromatic rings. The number of fused-ring (bicyclic) bond motifs is 1. The van der Waals surface area contributed by atoms with Crippen molar-refractivity contribution >= 4 is 29.4 Å². The van der Waals surface area contributed by atoms with Gasteiger partial charge >= 0.3 is 5.97 Å². The van der Waals surface area contributed by atoms with Crippen LogP contribution in [0.3, 0.4) is 0 Å². The number of methoxy groups -OCH3 is 1. The number of piperazine rings is 1. The van der Waals surface area contributed by atoms with E-state index in [1.807, 2.05) is 30.3 Å². The molecule has 0 unspecified atom stereocenters. The molecule has 3 atom stereocenters. The molecule has 2 amide bonds. The number of amides is 2. The Morgan fingerprint density at radius 2 is 1.97 bits per heavy atom. The number of ether oxygens (including phenoxy) is 1. The van der Waals surface area contributed by atoms with E-state index in [1.165, 1.54) is 24.4 Å². The van der Waals surface area contributed by atoms with Crippen LogP contribution < -0.4 is 0 Å². The first-order valence-corrected chi connectivity index (χ1v) is 9.71. The minimum absolute atomic E-state index is 0.0643. The molecule has 2 fully saturated rings. The Balaban J connectivity index is 1.64. The third-order valence-corrected chi connectivity index (χ3v) is 5.88. The Hall–Kier alpha value is -2.93. The second kappa shape index (κ2) is 7.83. The Kier molecular flexibility index (Phi) is 5.24. The number of carbonyl (C=O) groups excluding carboxylic acids is 3. The molecule has 3 heterocycles. The van der Waals surface area contributed by atoms with E-state index in [1.54, 1.807) is 11.0 Å². The molecule has 2 aliphatic heterocycles. The highest BCUT2D eigenvalue weighted by Gasteiger charge is 2.51. The topological polar surface area (TPSA) is 79.8 Å². The Bertz CT molecular complexity index is 952. The maximum atomic E-state index is 13.1. The fourth-order valence-electron chi connectivity index (χ4n) is 4.34. The van der Waals surface area contributed by atoms with Gasteiger partial charge in [0.1, 0.15) is 6.54 Å². The van der Waals surface area contributed by atoms with Crippen molar-refractivity contribution in [3.63, 3.8) is 0 Å². The van der Waals surface area contributed by atoms with E-state index in [0.717, 1.165) is 5.56 Å². The lowest BCUT2D eigenvalue weighted by molar-refractivity contribution is -0.147. The highest BCUT2D eigenvalue weighted by atomic mass is 35.5. The molecule has 0 radical (unpaired) electrons. The second-order valence-corrected chi connectivity index (χ2v) is 7.62. The maximum Gasteiger partial charge on any atom is 0.311 e. The monoisotopic (exact) mass is 413 g/mol. The van der Waals surface area contributed by atoms with Crippen LogP contribution in [0.5, 0.6) is 0 Å². The van der Waals surface area contributed by atoms with E-state index in [9.17, 15) is 14.4 Å². The molecule has 29 heavy (non-hydrogen) atoms. The number of pyridine rings is 1. The number of hydrogen-bond acceptors (Lipinski definition) is 5. The van der Waals surface area contributed by atoms with Crippen LogP contribution in [0.1, 0.15) is 28.4 Å². The zero-order valence-corrected chi connectivity index (χ0v) is 16.6. The summed E-state index contributed by atoms with van der Waals surface area (Å²) in [6.45, 7) is 0.269. The first-order chi connectivity index (χ1) is 14.0. The summed E-state index contributed by atoms with van der Waals surface area (Å²) in [5.74, 6) is -1.34. The summed E-state index contributed by atoms with van der Waals surface area (Å²) >= 11 is 6.11. The van der Waals surface area contributed by atoms with Crippen molar-refractivity contribution in [2.24, 2.45) is 5.92 Å². The summed E-state index contributed by atoms with van der Waals surface area (Å²) in [7, 11) is 1.35. The first-order valence-electron chi connectivity index (χ1n) is 9.34. The van der Waals surface area contributed by atoms with Crippen LogP contribution >= 0.6 is 11.6 Å². The second-order valence-electron chi connectivity index (χ2n) is 7.22. The number of hydrogen-bond donors (Lipinski definition) is 0. The van der Waals surface area contributed by atoms with E-state index >= 15 is 0 Å². The largest absolute Gasteiger partial charge is 0.469 e. The summed E-state index contributed by atoms with van der Waals surface area (Å²) < 4.78 is 5.00. The summed E-state index contributed by atoms with van der Waals surface area (Å²) in [6, 6.07) is 10.3. The predicted octanol–water partition coefficient (Wildman–Crippen LogP) is 2.32. The zero-order chi connectivity index (χ0) is 20.5. The third-order valence-electron chi connectivity index (χ3n) is 5.58. The standard InChI is InChI=1S/C21H20ClN3O4/c1-29-21(28)16-9-14-11-24(20(27)15-7-8-23-10-17(15)22)12-18(26)25(14)19(16)13-5-3-2-4-6-13/h2-8,10,14,16,19H,9,11-12H2,1H3/t14-,16-,19-/m0/s1. The van der Waals surface area contributed by atoms with E-state index in [-0.39, 0.29) is 35.4 Å². The van der Waals surface area contributed by atoms with Crippen molar-refractivity contribution in [1.82, 2.24) is 14.8 Å². The number of carbonyl (C=O) groups is 3. The Morgan fingerprint density at radius 3 is 2.66 bits per heavy atom. The average molecular weight is 414 g/mol. The summed E-state index contributed by atoms with van der Waals surface area (Å²) in [5, 5.41) is 0.244. The third kappa shape index (κ3) is 3.46. The zero-order valence-electron chi connectivity index (χ0n) is 15.8. The maximum absolute atomic E-state index is 13.1. The Morgan fingerprint density at radius 1 is 1.21 bits per heavy atom. The number of benzene rings is 1. The molecule has 0 saturated carbocycles. The van der Waals surface area contributed by atoms with Crippen LogP contribution in [-0.4, -0.2) is 58.8 Å². The van der Waals surface area contributed by atoms with Gasteiger partial charge in [-0.1, -0.05) is 41.9 Å². The lowest BCUT2D eigenvalue weighted by atomic mass is 9.93. The van der Waals surface area contributed by atoms with Gasteiger partial charge in [0, 0.05) is 18.9 Å². The van der Waals surface area contributed by atoms with Gasteiger partial charge in [-0.2, -0.15) is 0 Å². The van der Waals surface area contributed by atoms with Gasteiger partial charge < -0.3 is 14.5 Å². The molecule has 0 aliphatic carbocycles. The molecular formula is C21H20ClN3O4. The van der Waals surface area contributed by atoms with Crippen molar-refractivity contribution in [1.29, 1.82) is 0 Å². The van der Waals surface area contributed by atoms with Crippen molar-refractivity contribution < 1.29 is 19.1 Å². The van der Waals surface area contributed by atoms with Crippen molar-refractivity contribution in [3.05, 3.63) is 64.9 Å². The van der Waals surface area contributed by atoms with Crippen LogP contribution in [0.2, 0.25) is 5.02 Å². The van der Waals surface area contributed by atoms with Crippen LogP contribution in [0.4, 0.5) is 0 Å². The first kappa shape index (κ1) is 19.4. The molecule has 0 bridgehead atoms. The SMILES string of the molecule is COC(=O)[C@H]1C[C@H]2CN(C(=O)c3ccncc3Cl)CC(=O)N2[C@H]1c1ccccc1. The normalized spacial score (nSPS) is 23.7. The van der Waals surface area contributed by atoms with Crippen molar-refractivity contribution in [2.75, 3.05) is 20.2 Å². The van der Waals surface area contributed by atoms with Gasteiger partial charge in [-0.3, -0.25) is 19.4 Å². The fourth-order valence-corrected chi connectivity index (χ4v) is 4.54. The van der Waals surface area contributed by atoms with Gasteiger partial charge in [0.25, 0.3) is 5.91 Å². The molecule has 1 aromatic carbocycles. The van der Waals surface area contributed by atoms with Gasteiger partial charge in [-0.05, 0) is 18.1 Å². The average Bonchev–Trinajstić information content (AvgIpc) is 3.14. The molecule has 0 N–H and O–H groups in total. The predicted molar refractivity (Wildman–Crippen MR) is 105 cm³/mol. The smallest absolute Gasteiger partial charge is 0.311 e. The fraction of sp³-hybridized carbons (Fsp3) is 0.333. The summed E-state index contributed by atoms with van der Waals surface area (Å²) in [6.07, 6.45) is 3.33. The minimum atomic E-state index is -0.476. The van der Waals surface area contributed by atoms with Crippen molar-refractivity contribution in [3.8, 4) is 0 Å². The van der Waals surface area contributed by atoms with Gasteiger partial charge in [0.05, 0.1) is 35.7 Å². The summed E-state index contributed by atoms with van der Waals surface area (Å²) in [4.78, 5) is 45.6. The van der Waals surface area contributed by atoms with E-state index in [2.05, 4.69) is 4.98 Å². The lowest BCUT2D eigenvalue weighted by Crippen LogP contribution is -2.55. The van der Waals surface area contributed by atoms with E-state index in [0.29, 0.717) is 18.5 Å². The van der Waals surface area contributed by atoms with Crippen LogP contribution in [0, 0.1) is 5.92 Å². The highest BCUT2D eigenvalue weighted by molar-refractivity contribution is 6.33. The van der Waals surface area contributed by atoms with E-state index in [4.69, 9.17) is 16.3 Å². The van der Waals surface area contributed by atoms with Gasteiger partial charge in [0.2, 0.25) is 5.91 Å². The van der Waals surface area contributed by atoms with Crippen LogP contribution in [0.25, 0.3) is 0 Å². The summed E-state index contributed by atoms with van der Waals surface area (Å²) in [5.41, 5.74) is 1.20. The van der Waals surface area contributed by atoms with Gasteiger partial charge in [0.15, 0.2) is 0 Å². The van der Waals surface area contributed by atoms with Crippen LogP contribution in [-0.2, 0) is 14.3 Å². The molecular weight excluding hydrogens is 394 g/mol. The molecule has 2 saturated heterocycles. The quantitative estimate of drug-likeness (QED) is 0.721. The van der Waals surface area contributed by atoms with E-state index < -0.39 is 12.0 Å². The molecule has 4 rings (SSSR count). The number of nitrogens with zero attached hydrogens (tertiary/aromatic N) is 3. The van der Waals surface area contributed by atoms with Gasteiger partial charge in [-0.25, -0.2) is 0 Å². The van der Waals surface area contributed by atoms with Crippen LogP contribution in [0.15, 0.2) is 48.8 Å². The molecule has 0 spiro atoms. The number of rotatable bonds is 3. The Labute approximate surface area is 173 Å².